The summed E-state index contributed by atoms with van der Waals surface area (Å²) in [6, 6.07) is 8.22. The van der Waals surface area contributed by atoms with E-state index in [0.717, 1.165) is 36.0 Å². The fourth-order valence-electron chi connectivity index (χ4n) is 3.23. The minimum atomic E-state index is 0.941. The predicted molar refractivity (Wildman–Crippen MR) is 98.5 cm³/mol. The summed E-state index contributed by atoms with van der Waals surface area (Å²) < 4.78 is 0. The fraction of sp³-hybridized carbons (Fsp3) is 0.389. The van der Waals surface area contributed by atoms with E-state index >= 15 is 0 Å². The second kappa shape index (κ2) is 6.72. The van der Waals surface area contributed by atoms with E-state index in [0.29, 0.717) is 0 Å². The highest BCUT2D eigenvalue weighted by molar-refractivity contribution is 7.08. The Labute approximate surface area is 141 Å². The Morgan fingerprint density at radius 1 is 1.09 bits per heavy atom. The molecule has 4 rings (SSSR count). The number of benzene rings is 1. The summed E-state index contributed by atoms with van der Waals surface area (Å²) in [7, 11) is 0. The molecule has 3 heterocycles. The maximum atomic E-state index is 4.87. The van der Waals surface area contributed by atoms with Crippen LogP contribution in [0.15, 0.2) is 40.0 Å². The Hall–Kier alpha value is -1.85. The number of fused-ring (bicyclic) bond motifs is 2. The first-order valence-electron chi connectivity index (χ1n) is 8.38. The number of hydrogen-bond acceptors (Lipinski definition) is 5. The molecule has 2 aromatic rings. The Morgan fingerprint density at radius 2 is 1.96 bits per heavy atom. The molecule has 1 saturated heterocycles. The molecule has 2 N–H and O–H groups in total. The second-order valence-electron chi connectivity index (χ2n) is 6.13. The third kappa shape index (κ3) is 3.26. The van der Waals surface area contributed by atoms with E-state index in [9.17, 15) is 0 Å². The third-order valence-electron chi connectivity index (χ3n) is 4.49. The normalized spacial score (nSPS) is 17.5. The van der Waals surface area contributed by atoms with Gasteiger partial charge in [0.25, 0.3) is 0 Å². The highest BCUT2D eigenvalue weighted by atomic mass is 32.1. The predicted octanol–water partition coefficient (Wildman–Crippen LogP) is 3.96. The van der Waals surface area contributed by atoms with E-state index in [2.05, 4.69) is 38.4 Å². The third-order valence-corrected chi connectivity index (χ3v) is 5.24. The lowest BCUT2D eigenvalue weighted by Gasteiger charge is -2.26. The van der Waals surface area contributed by atoms with Crippen molar-refractivity contribution < 1.29 is 0 Å². The van der Waals surface area contributed by atoms with Gasteiger partial charge >= 0.3 is 0 Å². The van der Waals surface area contributed by atoms with Crippen LogP contribution >= 0.6 is 11.3 Å². The first-order valence-corrected chi connectivity index (χ1v) is 9.32. The van der Waals surface area contributed by atoms with Crippen molar-refractivity contribution in [3.8, 4) is 0 Å². The van der Waals surface area contributed by atoms with Crippen molar-refractivity contribution in [2.75, 3.05) is 31.5 Å². The van der Waals surface area contributed by atoms with Crippen molar-refractivity contribution in [1.82, 2.24) is 10.2 Å². The summed E-state index contributed by atoms with van der Waals surface area (Å²) in [5.41, 5.74) is 4.38. The first kappa shape index (κ1) is 14.7. The van der Waals surface area contributed by atoms with Crippen molar-refractivity contribution in [3.05, 3.63) is 40.6 Å². The van der Waals surface area contributed by atoms with Crippen LogP contribution in [0.1, 0.15) is 24.8 Å². The van der Waals surface area contributed by atoms with Crippen LogP contribution in [0.3, 0.4) is 0 Å². The Bertz CT molecular complexity index is 701. The minimum Gasteiger partial charge on any atom is -0.368 e. The van der Waals surface area contributed by atoms with Gasteiger partial charge in [0.1, 0.15) is 5.84 Å². The molecule has 2 aliphatic heterocycles. The number of hydrogen-bond donors (Lipinski definition) is 2. The quantitative estimate of drug-likeness (QED) is 0.897. The molecule has 0 aliphatic carbocycles. The van der Waals surface area contributed by atoms with E-state index in [-0.39, 0.29) is 0 Å². The molecule has 0 atom stereocenters. The smallest absolute Gasteiger partial charge is 0.137 e. The standard InChI is InChI=1S/C18H22N4S/c1-4-9-22(10-5-1)11-8-19-18-14-12-23-13-17(14)20-15-6-2-3-7-16(15)21-18/h2-3,6-7,12-13,20H,1,4-5,8-11H2,(H,19,21). The lowest BCUT2D eigenvalue weighted by atomic mass is 10.1. The second-order valence-corrected chi connectivity index (χ2v) is 6.87. The summed E-state index contributed by atoms with van der Waals surface area (Å²) in [6.45, 7) is 4.51. The lowest BCUT2D eigenvalue weighted by Crippen LogP contribution is -2.37. The van der Waals surface area contributed by atoms with E-state index in [1.54, 1.807) is 11.3 Å². The van der Waals surface area contributed by atoms with E-state index in [1.165, 1.54) is 37.9 Å². The summed E-state index contributed by atoms with van der Waals surface area (Å²) >= 11 is 1.71. The largest absolute Gasteiger partial charge is 0.368 e. The van der Waals surface area contributed by atoms with E-state index in [1.807, 2.05) is 12.1 Å². The van der Waals surface area contributed by atoms with E-state index < -0.39 is 0 Å². The van der Waals surface area contributed by atoms with Gasteiger partial charge in [0.2, 0.25) is 0 Å². The van der Waals surface area contributed by atoms with Crippen LogP contribution in [0, 0.1) is 0 Å². The zero-order chi connectivity index (χ0) is 15.5. The SMILES string of the molecule is c1ccc2c(c1)N=C(NCCN1CCCCC1)c1cscc1N2. The summed E-state index contributed by atoms with van der Waals surface area (Å²) in [5.74, 6) is 0.982. The Morgan fingerprint density at radius 3 is 2.87 bits per heavy atom. The van der Waals surface area contributed by atoms with Gasteiger partial charge < -0.3 is 15.5 Å². The zero-order valence-electron chi connectivity index (χ0n) is 13.2. The van der Waals surface area contributed by atoms with Crippen LogP contribution in [0.5, 0.6) is 0 Å². The molecule has 0 radical (unpaired) electrons. The van der Waals surface area contributed by atoms with Gasteiger partial charge in [-0.1, -0.05) is 18.6 Å². The van der Waals surface area contributed by atoms with Gasteiger partial charge in [-0.3, -0.25) is 0 Å². The number of rotatable bonds is 3. The van der Waals surface area contributed by atoms with Crippen LogP contribution in [0.25, 0.3) is 0 Å². The molecule has 4 nitrogen and oxygen atoms in total. The highest BCUT2D eigenvalue weighted by Gasteiger charge is 2.17. The lowest BCUT2D eigenvalue weighted by molar-refractivity contribution is 0.232. The van der Waals surface area contributed by atoms with Crippen molar-refractivity contribution in [1.29, 1.82) is 0 Å². The summed E-state index contributed by atoms with van der Waals surface area (Å²) in [6.07, 6.45) is 4.07. The van der Waals surface area contributed by atoms with Gasteiger partial charge in [0.05, 0.1) is 22.6 Å². The Kier molecular flexibility index (Phi) is 4.30. The van der Waals surface area contributed by atoms with Gasteiger partial charge in [0, 0.05) is 23.8 Å². The number of anilines is 2. The molecule has 2 aliphatic rings. The number of nitrogens with zero attached hydrogens (tertiary/aromatic N) is 2. The van der Waals surface area contributed by atoms with Crippen LogP contribution < -0.4 is 10.6 Å². The van der Waals surface area contributed by atoms with Gasteiger partial charge in [-0.25, -0.2) is 4.99 Å². The molecule has 23 heavy (non-hydrogen) atoms. The number of aliphatic imine (C=N–C) groups is 1. The maximum absolute atomic E-state index is 4.87. The van der Waals surface area contributed by atoms with Crippen LogP contribution in [-0.4, -0.2) is 36.9 Å². The molecule has 0 saturated carbocycles. The zero-order valence-corrected chi connectivity index (χ0v) is 14.0. The molecule has 0 bridgehead atoms. The van der Waals surface area contributed by atoms with Gasteiger partial charge in [0.15, 0.2) is 0 Å². The van der Waals surface area contributed by atoms with Crippen molar-refractivity contribution in [3.63, 3.8) is 0 Å². The highest BCUT2D eigenvalue weighted by Crippen LogP contribution is 2.34. The van der Waals surface area contributed by atoms with Crippen molar-refractivity contribution >= 4 is 34.2 Å². The summed E-state index contributed by atoms with van der Waals surface area (Å²) in [5, 5.41) is 11.4. The van der Waals surface area contributed by atoms with Gasteiger partial charge in [-0.15, -0.1) is 11.3 Å². The fourth-order valence-corrected chi connectivity index (χ4v) is 3.99. The van der Waals surface area contributed by atoms with Gasteiger partial charge in [-0.05, 0) is 38.1 Å². The molecule has 1 aromatic heterocycles. The number of thiophene rings is 1. The number of nitrogens with one attached hydrogen (secondary N) is 2. The molecule has 0 unspecified atom stereocenters. The minimum absolute atomic E-state index is 0.941. The topological polar surface area (TPSA) is 39.7 Å². The first-order chi connectivity index (χ1) is 11.4. The van der Waals surface area contributed by atoms with Crippen molar-refractivity contribution in [2.45, 2.75) is 19.3 Å². The van der Waals surface area contributed by atoms with Gasteiger partial charge in [-0.2, -0.15) is 0 Å². The monoisotopic (exact) mass is 326 g/mol. The average molecular weight is 326 g/mol. The molecular formula is C18H22N4S. The average Bonchev–Trinajstić information content (AvgIpc) is 2.99. The number of para-hydroxylation sites is 2. The molecule has 1 aromatic carbocycles. The van der Waals surface area contributed by atoms with Crippen molar-refractivity contribution in [2.24, 2.45) is 4.99 Å². The molecule has 5 heteroatoms. The Balaban J connectivity index is 1.51. The molecule has 1 fully saturated rings. The summed E-state index contributed by atoms with van der Waals surface area (Å²) in [4.78, 5) is 7.42. The van der Waals surface area contributed by atoms with E-state index in [4.69, 9.17) is 4.99 Å². The molecule has 0 amide bonds. The van der Waals surface area contributed by atoms with Crippen LogP contribution in [0.4, 0.5) is 17.1 Å². The number of amidine groups is 1. The molecule has 120 valence electrons. The molecular weight excluding hydrogens is 304 g/mol. The molecule has 0 spiro atoms. The van der Waals surface area contributed by atoms with Crippen LogP contribution in [0.2, 0.25) is 0 Å². The number of likely N-dealkylation sites (tertiary alicyclic amines) is 1. The number of piperidine rings is 1. The van der Waals surface area contributed by atoms with Crippen LogP contribution in [-0.2, 0) is 0 Å². The maximum Gasteiger partial charge on any atom is 0.137 e.